The van der Waals surface area contributed by atoms with Gasteiger partial charge >= 0.3 is 6.03 Å². The first-order chi connectivity index (χ1) is 7.09. The van der Waals surface area contributed by atoms with Gasteiger partial charge in [0.15, 0.2) is 0 Å². The van der Waals surface area contributed by atoms with Gasteiger partial charge < -0.3 is 16.0 Å². The zero-order chi connectivity index (χ0) is 11.1. The smallest absolute Gasteiger partial charge is 0.312 e. The Morgan fingerprint density at radius 2 is 2.27 bits per heavy atom. The molecule has 6 heteroatoms. The fourth-order valence-electron chi connectivity index (χ4n) is 1.65. The molecule has 2 fully saturated rings. The SMILES string of the molecule is N#CC1CN1C(=O)C1(CNC(N)=O)CC1. The third-order valence-electron chi connectivity index (χ3n) is 2.93. The number of amides is 3. The first-order valence-corrected chi connectivity index (χ1v) is 4.83. The summed E-state index contributed by atoms with van der Waals surface area (Å²) in [5.41, 5.74) is 4.47. The molecule has 2 aliphatic rings. The minimum absolute atomic E-state index is 0.0252. The molecule has 0 aromatic heterocycles. The Morgan fingerprint density at radius 3 is 2.67 bits per heavy atom. The molecule has 1 aliphatic heterocycles. The molecule has 3 amide bonds. The van der Waals surface area contributed by atoms with Gasteiger partial charge in [-0.05, 0) is 12.8 Å². The maximum atomic E-state index is 11.9. The summed E-state index contributed by atoms with van der Waals surface area (Å²) in [5.74, 6) is -0.0252. The zero-order valence-electron chi connectivity index (χ0n) is 8.19. The van der Waals surface area contributed by atoms with Crippen LogP contribution in [0.2, 0.25) is 0 Å². The molecular formula is C9H12N4O2. The van der Waals surface area contributed by atoms with E-state index in [9.17, 15) is 9.59 Å². The molecule has 15 heavy (non-hydrogen) atoms. The van der Waals surface area contributed by atoms with Gasteiger partial charge in [-0.1, -0.05) is 0 Å². The number of carbonyl (C=O) groups excluding carboxylic acids is 2. The van der Waals surface area contributed by atoms with Crippen LogP contribution in [-0.2, 0) is 4.79 Å². The number of hydrogen-bond donors (Lipinski definition) is 2. The molecule has 0 aromatic carbocycles. The number of nitrogens with two attached hydrogens (primary N) is 1. The highest BCUT2D eigenvalue weighted by molar-refractivity contribution is 5.88. The molecule has 0 bridgehead atoms. The monoisotopic (exact) mass is 208 g/mol. The first-order valence-electron chi connectivity index (χ1n) is 4.83. The molecule has 0 radical (unpaired) electrons. The maximum absolute atomic E-state index is 11.9. The molecule has 1 saturated heterocycles. The summed E-state index contributed by atoms with van der Waals surface area (Å²) < 4.78 is 0. The van der Waals surface area contributed by atoms with Crippen molar-refractivity contribution in [2.45, 2.75) is 18.9 Å². The van der Waals surface area contributed by atoms with E-state index in [1.54, 1.807) is 0 Å². The maximum Gasteiger partial charge on any atom is 0.312 e. The van der Waals surface area contributed by atoms with Crippen LogP contribution in [0.4, 0.5) is 4.79 Å². The number of carbonyl (C=O) groups is 2. The van der Waals surface area contributed by atoms with Crippen LogP contribution in [0.15, 0.2) is 0 Å². The van der Waals surface area contributed by atoms with Crippen LogP contribution >= 0.6 is 0 Å². The van der Waals surface area contributed by atoms with E-state index in [0.717, 1.165) is 12.8 Å². The second kappa shape index (κ2) is 3.12. The van der Waals surface area contributed by atoms with Crippen molar-refractivity contribution >= 4 is 11.9 Å². The van der Waals surface area contributed by atoms with Crippen molar-refractivity contribution in [3.05, 3.63) is 0 Å². The summed E-state index contributed by atoms with van der Waals surface area (Å²) >= 11 is 0. The lowest BCUT2D eigenvalue weighted by Crippen LogP contribution is -2.39. The highest BCUT2D eigenvalue weighted by Crippen LogP contribution is 2.48. The van der Waals surface area contributed by atoms with E-state index in [4.69, 9.17) is 11.0 Å². The Hall–Kier alpha value is -1.77. The summed E-state index contributed by atoms with van der Waals surface area (Å²) in [6, 6.07) is 1.15. The molecule has 0 aromatic rings. The van der Waals surface area contributed by atoms with Crippen molar-refractivity contribution in [2.75, 3.05) is 13.1 Å². The fourth-order valence-corrected chi connectivity index (χ4v) is 1.65. The summed E-state index contributed by atoms with van der Waals surface area (Å²) in [7, 11) is 0. The Morgan fingerprint density at radius 1 is 1.60 bits per heavy atom. The van der Waals surface area contributed by atoms with Gasteiger partial charge in [0.05, 0.1) is 18.0 Å². The van der Waals surface area contributed by atoms with Gasteiger partial charge in [0, 0.05) is 6.54 Å². The average Bonchev–Trinajstić information content (AvgIpc) is 3.09. The topological polar surface area (TPSA) is 99.0 Å². The molecule has 0 spiro atoms. The van der Waals surface area contributed by atoms with E-state index in [1.807, 2.05) is 6.07 Å². The number of nitrogens with zero attached hydrogens (tertiary/aromatic N) is 2. The molecule has 3 N–H and O–H groups in total. The van der Waals surface area contributed by atoms with Crippen LogP contribution < -0.4 is 11.1 Å². The van der Waals surface area contributed by atoms with E-state index in [2.05, 4.69) is 5.32 Å². The van der Waals surface area contributed by atoms with Crippen molar-refractivity contribution < 1.29 is 9.59 Å². The third kappa shape index (κ3) is 1.73. The van der Waals surface area contributed by atoms with Gasteiger partial charge in [-0.15, -0.1) is 0 Å². The molecular weight excluding hydrogens is 196 g/mol. The number of primary amides is 1. The zero-order valence-corrected chi connectivity index (χ0v) is 8.19. The Balaban J connectivity index is 1.90. The van der Waals surface area contributed by atoms with Crippen LogP contribution in [0.3, 0.4) is 0 Å². The van der Waals surface area contributed by atoms with E-state index >= 15 is 0 Å². The number of rotatable bonds is 3. The summed E-state index contributed by atoms with van der Waals surface area (Å²) in [5, 5.41) is 11.0. The van der Waals surface area contributed by atoms with Gasteiger partial charge in [0.2, 0.25) is 5.91 Å². The van der Waals surface area contributed by atoms with Gasteiger partial charge in [0.1, 0.15) is 6.04 Å². The van der Waals surface area contributed by atoms with Crippen molar-refractivity contribution in [3.8, 4) is 6.07 Å². The molecule has 1 unspecified atom stereocenters. The van der Waals surface area contributed by atoms with Crippen LogP contribution in [0.5, 0.6) is 0 Å². The van der Waals surface area contributed by atoms with E-state index in [0.29, 0.717) is 6.54 Å². The lowest BCUT2D eigenvalue weighted by atomic mass is 10.1. The molecule has 1 heterocycles. The lowest BCUT2D eigenvalue weighted by molar-refractivity contribution is -0.131. The van der Waals surface area contributed by atoms with Crippen molar-refractivity contribution in [1.29, 1.82) is 5.26 Å². The number of nitrogens with one attached hydrogen (secondary N) is 1. The average molecular weight is 208 g/mol. The molecule has 2 rings (SSSR count). The largest absolute Gasteiger partial charge is 0.352 e. The Bertz CT molecular complexity index is 356. The molecule has 80 valence electrons. The normalized spacial score (nSPS) is 25.3. The molecule has 1 aliphatic carbocycles. The highest BCUT2D eigenvalue weighted by atomic mass is 16.2. The third-order valence-corrected chi connectivity index (χ3v) is 2.93. The van der Waals surface area contributed by atoms with Gasteiger partial charge in [-0.2, -0.15) is 5.26 Å². The predicted molar refractivity (Wildman–Crippen MR) is 50.4 cm³/mol. The minimum atomic E-state index is -0.614. The highest BCUT2D eigenvalue weighted by Gasteiger charge is 2.56. The van der Waals surface area contributed by atoms with Crippen LogP contribution in [-0.4, -0.2) is 36.0 Å². The fraction of sp³-hybridized carbons (Fsp3) is 0.667. The van der Waals surface area contributed by atoms with Crippen LogP contribution in [0, 0.1) is 16.7 Å². The lowest BCUT2D eigenvalue weighted by Gasteiger charge is -2.14. The van der Waals surface area contributed by atoms with Crippen LogP contribution in [0.25, 0.3) is 0 Å². The summed E-state index contributed by atoms with van der Waals surface area (Å²) in [6.45, 7) is 0.809. The Kier molecular flexibility index (Phi) is 2.03. The van der Waals surface area contributed by atoms with E-state index in [1.165, 1.54) is 4.90 Å². The minimum Gasteiger partial charge on any atom is -0.352 e. The number of urea groups is 1. The standard InChI is InChI=1S/C9H12N4O2/c10-3-6-4-13(6)7(14)9(1-2-9)5-12-8(11)15/h6H,1-2,4-5H2,(H3,11,12,15). The van der Waals surface area contributed by atoms with Crippen molar-refractivity contribution in [3.63, 3.8) is 0 Å². The van der Waals surface area contributed by atoms with Gasteiger partial charge in [-0.3, -0.25) is 4.79 Å². The summed E-state index contributed by atoms with van der Waals surface area (Å²) in [6.07, 6.45) is 1.53. The molecule has 1 saturated carbocycles. The van der Waals surface area contributed by atoms with Gasteiger partial charge in [-0.25, -0.2) is 4.79 Å². The Labute approximate surface area is 87.0 Å². The predicted octanol–water partition coefficient (Wildman–Crippen LogP) is -0.831. The number of hydrogen-bond acceptors (Lipinski definition) is 3. The second-order valence-electron chi connectivity index (χ2n) is 4.10. The summed E-state index contributed by atoms with van der Waals surface area (Å²) in [4.78, 5) is 23.9. The van der Waals surface area contributed by atoms with E-state index < -0.39 is 11.4 Å². The van der Waals surface area contributed by atoms with Crippen LogP contribution in [0.1, 0.15) is 12.8 Å². The molecule has 6 nitrogen and oxygen atoms in total. The van der Waals surface area contributed by atoms with Crippen molar-refractivity contribution in [1.82, 2.24) is 10.2 Å². The quantitative estimate of drug-likeness (QED) is 0.592. The van der Waals surface area contributed by atoms with Crippen molar-refractivity contribution in [2.24, 2.45) is 11.1 Å². The number of nitriles is 1. The molecule has 1 atom stereocenters. The first kappa shape index (κ1) is 9.77. The van der Waals surface area contributed by atoms with E-state index in [-0.39, 0.29) is 18.5 Å². The second-order valence-corrected chi connectivity index (χ2v) is 4.10. The van der Waals surface area contributed by atoms with Gasteiger partial charge in [0.25, 0.3) is 0 Å².